The molecule has 6 nitrogen and oxygen atoms in total. The lowest BCUT2D eigenvalue weighted by atomic mass is 10.2. The lowest BCUT2D eigenvalue weighted by molar-refractivity contribution is 0.154. The molecule has 0 radical (unpaired) electrons. The first-order valence-corrected chi connectivity index (χ1v) is 4.77. The van der Waals surface area contributed by atoms with Gasteiger partial charge in [0.05, 0.1) is 24.9 Å². The van der Waals surface area contributed by atoms with Crippen LogP contribution in [0.2, 0.25) is 0 Å². The molecule has 1 aromatic rings. The summed E-state index contributed by atoms with van der Waals surface area (Å²) in [5.41, 5.74) is 6.78. The molecule has 0 aliphatic carbocycles. The number of nitrogen functional groups attached to an aromatic ring is 1. The summed E-state index contributed by atoms with van der Waals surface area (Å²) < 4.78 is 6.19. The van der Waals surface area contributed by atoms with Crippen molar-refractivity contribution in [3.8, 4) is 0 Å². The van der Waals surface area contributed by atoms with Crippen molar-refractivity contribution in [1.29, 1.82) is 0 Å². The topological polar surface area (TPSA) is 89.5 Å². The molecule has 16 heavy (non-hydrogen) atoms. The Bertz CT molecular complexity index is 464. The average Bonchev–Trinajstić information content (AvgIpc) is 2.62. The van der Waals surface area contributed by atoms with E-state index in [2.05, 4.69) is 11.9 Å². The van der Waals surface area contributed by atoms with Gasteiger partial charge < -0.3 is 20.9 Å². The highest BCUT2D eigenvalue weighted by Crippen LogP contribution is 2.30. The highest BCUT2D eigenvalue weighted by Gasteiger charge is 2.28. The van der Waals surface area contributed by atoms with Gasteiger partial charge in [-0.25, -0.2) is 9.36 Å². The van der Waals surface area contributed by atoms with Crippen LogP contribution in [0.5, 0.6) is 0 Å². The minimum absolute atomic E-state index is 0.182. The average molecular weight is 223 g/mol. The number of aliphatic hydroxyl groups is 1. The molecule has 0 aromatic carbocycles. The first-order valence-electron chi connectivity index (χ1n) is 4.77. The van der Waals surface area contributed by atoms with E-state index in [1.54, 1.807) is 6.07 Å². The molecule has 0 saturated carbocycles. The molecule has 1 unspecified atom stereocenters. The zero-order valence-electron chi connectivity index (χ0n) is 8.86. The van der Waals surface area contributed by atoms with Crippen molar-refractivity contribution in [2.24, 2.45) is 0 Å². The van der Waals surface area contributed by atoms with Gasteiger partial charge in [0.2, 0.25) is 0 Å². The monoisotopic (exact) mass is 223 g/mol. The number of rotatable bonds is 2. The molecule has 1 atom stereocenters. The van der Waals surface area contributed by atoms with Crippen molar-refractivity contribution < 1.29 is 14.6 Å². The highest BCUT2D eigenvalue weighted by atomic mass is 16.5. The molecule has 0 fully saturated rings. The molecule has 86 valence electrons. The lowest BCUT2D eigenvalue weighted by Gasteiger charge is -2.21. The third-order valence-electron chi connectivity index (χ3n) is 2.61. The largest absolute Gasteiger partial charge is 0.497 e. The molecule has 1 aliphatic heterocycles. The Labute approximate surface area is 92.3 Å². The van der Waals surface area contributed by atoms with Gasteiger partial charge in [-0.15, -0.1) is 0 Å². The number of ether oxygens (including phenoxy) is 1. The zero-order chi connectivity index (χ0) is 11.9. The fourth-order valence-electron chi connectivity index (χ4n) is 1.72. The van der Waals surface area contributed by atoms with Crippen molar-refractivity contribution in [2.75, 3.05) is 19.4 Å². The van der Waals surface area contributed by atoms with Gasteiger partial charge in [-0.1, -0.05) is 6.58 Å². The number of hydrogen-bond acceptors (Lipinski definition) is 4. The van der Waals surface area contributed by atoms with E-state index in [4.69, 9.17) is 10.5 Å². The Balaban J connectivity index is 2.58. The number of nitrogens with one attached hydrogen (secondary N) is 1. The van der Waals surface area contributed by atoms with E-state index >= 15 is 0 Å². The Morgan fingerprint density at radius 1 is 1.81 bits per heavy atom. The SMILES string of the molecule is C=C(OC)c1cc2n(c1N)C(=O)NCC2O. The number of nitrogens with two attached hydrogens (primary N) is 1. The van der Waals surface area contributed by atoms with Crippen LogP contribution in [0, 0.1) is 0 Å². The third kappa shape index (κ3) is 1.35. The van der Waals surface area contributed by atoms with Gasteiger partial charge in [-0.3, -0.25) is 0 Å². The fourth-order valence-corrected chi connectivity index (χ4v) is 1.72. The molecule has 2 heterocycles. The predicted molar refractivity (Wildman–Crippen MR) is 58.6 cm³/mol. The maximum atomic E-state index is 11.6. The van der Waals surface area contributed by atoms with E-state index in [1.165, 1.54) is 11.7 Å². The second-order valence-electron chi connectivity index (χ2n) is 3.53. The Hall–Kier alpha value is -1.95. The number of methoxy groups -OCH3 is 1. The number of carbonyl (C=O) groups is 1. The Morgan fingerprint density at radius 3 is 3.06 bits per heavy atom. The molecule has 1 amide bonds. The molecular formula is C10H13N3O3. The summed E-state index contributed by atoms with van der Waals surface area (Å²) in [6.45, 7) is 3.85. The number of aromatic nitrogens is 1. The number of hydrogen-bond donors (Lipinski definition) is 3. The number of nitrogens with zero attached hydrogens (tertiary/aromatic N) is 1. The Morgan fingerprint density at radius 2 is 2.50 bits per heavy atom. The quantitative estimate of drug-likeness (QED) is 0.629. The van der Waals surface area contributed by atoms with Crippen molar-refractivity contribution in [2.45, 2.75) is 6.10 Å². The van der Waals surface area contributed by atoms with Crippen LogP contribution >= 0.6 is 0 Å². The summed E-state index contributed by atoms with van der Waals surface area (Å²) in [6, 6.07) is 1.26. The summed E-state index contributed by atoms with van der Waals surface area (Å²) in [5.74, 6) is 0.581. The zero-order valence-corrected chi connectivity index (χ0v) is 8.86. The molecule has 0 spiro atoms. The minimum atomic E-state index is -0.765. The van der Waals surface area contributed by atoms with Gasteiger partial charge in [0.1, 0.15) is 17.7 Å². The molecule has 4 N–H and O–H groups in total. The maximum absolute atomic E-state index is 11.6. The van der Waals surface area contributed by atoms with Crippen LogP contribution in [-0.2, 0) is 4.74 Å². The van der Waals surface area contributed by atoms with E-state index in [1.807, 2.05) is 0 Å². The summed E-state index contributed by atoms with van der Waals surface area (Å²) in [5, 5.41) is 12.2. The van der Waals surface area contributed by atoms with Crippen molar-refractivity contribution in [1.82, 2.24) is 9.88 Å². The van der Waals surface area contributed by atoms with E-state index in [-0.39, 0.29) is 18.4 Å². The van der Waals surface area contributed by atoms with Gasteiger partial charge in [-0.05, 0) is 6.07 Å². The van der Waals surface area contributed by atoms with Crippen LogP contribution in [0.15, 0.2) is 12.6 Å². The third-order valence-corrected chi connectivity index (χ3v) is 2.61. The van der Waals surface area contributed by atoms with Crippen LogP contribution in [0.1, 0.15) is 17.4 Å². The van der Waals surface area contributed by atoms with Gasteiger partial charge in [0, 0.05) is 0 Å². The number of anilines is 1. The molecule has 0 bridgehead atoms. The molecule has 0 saturated heterocycles. The highest BCUT2D eigenvalue weighted by molar-refractivity contribution is 5.86. The summed E-state index contributed by atoms with van der Waals surface area (Å²) in [6.07, 6.45) is -0.765. The van der Waals surface area contributed by atoms with Gasteiger partial charge in [0.25, 0.3) is 0 Å². The van der Waals surface area contributed by atoms with Crippen molar-refractivity contribution in [3.05, 3.63) is 23.9 Å². The first kappa shape index (κ1) is 10.6. The second kappa shape index (κ2) is 3.57. The smallest absolute Gasteiger partial charge is 0.327 e. The van der Waals surface area contributed by atoms with Crippen LogP contribution in [-0.4, -0.2) is 29.4 Å². The fraction of sp³-hybridized carbons (Fsp3) is 0.300. The van der Waals surface area contributed by atoms with E-state index in [9.17, 15) is 9.90 Å². The van der Waals surface area contributed by atoms with E-state index < -0.39 is 6.10 Å². The predicted octanol–water partition coefficient (Wildman–Crippen LogP) is 0.292. The Kier molecular flexibility index (Phi) is 2.35. The molecule has 6 heteroatoms. The van der Waals surface area contributed by atoms with Gasteiger partial charge in [0.15, 0.2) is 0 Å². The van der Waals surface area contributed by atoms with Crippen LogP contribution in [0.25, 0.3) is 5.76 Å². The number of aliphatic hydroxyl groups excluding tert-OH is 1. The summed E-state index contributed by atoms with van der Waals surface area (Å²) >= 11 is 0. The molecular weight excluding hydrogens is 210 g/mol. The number of carbonyl (C=O) groups excluding carboxylic acids is 1. The maximum Gasteiger partial charge on any atom is 0.327 e. The minimum Gasteiger partial charge on any atom is -0.497 e. The first-order chi connectivity index (χ1) is 7.56. The lowest BCUT2D eigenvalue weighted by Crippen LogP contribution is -2.39. The van der Waals surface area contributed by atoms with E-state index in [0.29, 0.717) is 17.0 Å². The van der Waals surface area contributed by atoms with Gasteiger partial charge in [-0.2, -0.15) is 0 Å². The standard InChI is InChI=1S/C10H13N3O3/c1-5(16-2)6-3-7-8(14)4-12-10(15)13(7)9(6)11/h3,8,14H,1,4,11H2,2H3,(H,12,15). The molecule has 1 aromatic heterocycles. The summed E-state index contributed by atoms with van der Waals surface area (Å²) in [4.78, 5) is 11.6. The normalized spacial score (nSPS) is 18.9. The van der Waals surface area contributed by atoms with Crippen molar-refractivity contribution in [3.63, 3.8) is 0 Å². The van der Waals surface area contributed by atoms with Crippen LogP contribution < -0.4 is 11.1 Å². The number of β-amino-alcohol motifs (C(OH)–C–C–N with tert-alkyl or cyclic N) is 1. The molecule has 1 aliphatic rings. The van der Waals surface area contributed by atoms with Gasteiger partial charge >= 0.3 is 6.03 Å². The number of fused-ring (bicyclic) bond motifs is 1. The van der Waals surface area contributed by atoms with Crippen LogP contribution in [0.3, 0.4) is 0 Å². The number of amides is 1. The van der Waals surface area contributed by atoms with Crippen molar-refractivity contribution >= 4 is 17.6 Å². The molecule has 2 rings (SSSR count). The van der Waals surface area contributed by atoms with Crippen LogP contribution in [0.4, 0.5) is 10.6 Å². The second-order valence-corrected chi connectivity index (χ2v) is 3.53. The summed E-state index contributed by atoms with van der Waals surface area (Å²) in [7, 11) is 1.47. The van der Waals surface area contributed by atoms with E-state index in [0.717, 1.165) is 0 Å².